The fraction of sp³-hybridized carbons (Fsp3) is 0.300. The molecule has 0 bridgehead atoms. The molecule has 3 aromatic rings. The number of benzene rings is 1. The van der Waals surface area contributed by atoms with Crippen LogP contribution < -0.4 is 15.6 Å². The van der Waals surface area contributed by atoms with Gasteiger partial charge in [0.1, 0.15) is 5.75 Å². The summed E-state index contributed by atoms with van der Waals surface area (Å²) in [5.41, 5.74) is 2.16. The van der Waals surface area contributed by atoms with E-state index in [1.807, 2.05) is 48.8 Å². The normalized spacial score (nSPS) is 10.9. The van der Waals surface area contributed by atoms with Gasteiger partial charge in [0.2, 0.25) is 0 Å². The largest absolute Gasteiger partial charge is 0.494 e. The lowest BCUT2D eigenvalue weighted by Gasteiger charge is -2.09. The smallest absolute Gasteiger partial charge is 0.250 e. The summed E-state index contributed by atoms with van der Waals surface area (Å²) in [6.45, 7) is 2.52. The van der Waals surface area contributed by atoms with Crippen LogP contribution in [0.5, 0.6) is 5.75 Å². The summed E-state index contributed by atoms with van der Waals surface area (Å²) in [6, 6.07) is 13.3. The van der Waals surface area contributed by atoms with Gasteiger partial charge in [0, 0.05) is 37.4 Å². The van der Waals surface area contributed by atoms with Crippen LogP contribution >= 0.6 is 0 Å². The van der Waals surface area contributed by atoms with Gasteiger partial charge in [-0.2, -0.15) is 0 Å². The molecule has 0 unspecified atom stereocenters. The molecule has 5 nitrogen and oxygen atoms in total. The molecule has 1 N–H and O–H groups in total. The molecule has 3 rings (SSSR count). The number of aromatic nitrogens is 2. The minimum atomic E-state index is 0.000402. The Balaban J connectivity index is 1.40. The molecule has 1 aromatic carbocycles. The fourth-order valence-corrected chi connectivity index (χ4v) is 2.73. The molecule has 0 radical (unpaired) electrons. The van der Waals surface area contributed by atoms with E-state index in [1.165, 1.54) is 5.56 Å². The number of nitrogens with zero attached hydrogens (tertiary/aromatic N) is 2. The molecule has 0 atom stereocenters. The maximum Gasteiger partial charge on any atom is 0.250 e. The van der Waals surface area contributed by atoms with E-state index in [0.29, 0.717) is 6.61 Å². The van der Waals surface area contributed by atoms with Crippen LogP contribution in [0.15, 0.2) is 59.7 Å². The van der Waals surface area contributed by atoms with Crippen LogP contribution in [-0.2, 0) is 13.6 Å². The Morgan fingerprint density at radius 2 is 1.92 bits per heavy atom. The van der Waals surface area contributed by atoms with Gasteiger partial charge in [0.05, 0.1) is 12.1 Å². The maximum atomic E-state index is 11.6. The van der Waals surface area contributed by atoms with Crippen molar-refractivity contribution in [3.05, 3.63) is 70.8 Å². The third kappa shape index (κ3) is 4.67. The summed E-state index contributed by atoms with van der Waals surface area (Å²) in [6.07, 6.45) is 5.68. The van der Waals surface area contributed by atoms with Crippen molar-refractivity contribution in [2.75, 3.05) is 13.2 Å². The monoisotopic (exact) mass is 337 g/mol. The lowest BCUT2D eigenvalue weighted by molar-refractivity contribution is 0.306. The molecule has 2 aromatic heterocycles. The third-order valence-corrected chi connectivity index (χ3v) is 4.19. The molecule has 0 spiro atoms. The summed E-state index contributed by atoms with van der Waals surface area (Å²) >= 11 is 0. The Labute approximate surface area is 147 Å². The zero-order valence-corrected chi connectivity index (χ0v) is 14.4. The van der Waals surface area contributed by atoms with E-state index in [-0.39, 0.29) is 5.56 Å². The standard InChI is InChI=1S/C20H23N3O2/c1-23-19-6-5-18(14-17(19)4-7-20(23)24)25-13-3-2-10-22-15-16-8-11-21-12-9-16/h4-9,11-12,14,22H,2-3,10,13,15H2,1H3. The molecule has 0 aliphatic rings. The van der Waals surface area contributed by atoms with E-state index >= 15 is 0 Å². The Hall–Kier alpha value is -2.66. The number of hydrogen-bond donors (Lipinski definition) is 1. The average molecular weight is 337 g/mol. The molecular formula is C20H23N3O2. The van der Waals surface area contributed by atoms with Gasteiger partial charge < -0.3 is 14.6 Å². The highest BCUT2D eigenvalue weighted by Gasteiger charge is 2.01. The van der Waals surface area contributed by atoms with Crippen molar-refractivity contribution in [3.8, 4) is 5.75 Å². The van der Waals surface area contributed by atoms with Crippen molar-refractivity contribution in [1.82, 2.24) is 14.9 Å². The van der Waals surface area contributed by atoms with E-state index in [2.05, 4.69) is 10.3 Å². The number of rotatable bonds is 8. The second-order valence-electron chi connectivity index (χ2n) is 6.04. The summed E-state index contributed by atoms with van der Waals surface area (Å²) in [7, 11) is 1.78. The van der Waals surface area contributed by atoms with Crippen LogP contribution in [0.2, 0.25) is 0 Å². The van der Waals surface area contributed by atoms with Gasteiger partial charge in [-0.05, 0) is 61.3 Å². The summed E-state index contributed by atoms with van der Waals surface area (Å²) in [4.78, 5) is 15.6. The van der Waals surface area contributed by atoms with E-state index in [1.54, 1.807) is 17.7 Å². The molecule has 25 heavy (non-hydrogen) atoms. The molecule has 0 saturated carbocycles. The molecular weight excluding hydrogens is 314 g/mol. The quantitative estimate of drug-likeness (QED) is 0.642. The molecule has 0 aliphatic carbocycles. The Kier molecular flexibility index (Phi) is 5.80. The first kappa shape index (κ1) is 17.2. The van der Waals surface area contributed by atoms with Gasteiger partial charge in [-0.3, -0.25) is 9.78 Å². The van der Waals surface area contributed by atoms with Gasteiger partial charge in [-0.25, -0.2) is 0 Å². The lowest BCUT2D eigenvalue weighted by Crippen LogP contribution is -2.15. The molecule has 0 amide bonds. The molecule has 5 heteroatoms. The van der Waals surface area contributed by atoms with Crippen LogP contribution in [-0.4, -0.2) is 22.7 Å². The predicted octanol–water partition coefficient (Wildman–Crippen LogP) is 2.88. The predicted molar refractivity (Wildman–Crippen MR) is 99.9 cm³/mol. The average Bonchev–Trinajstić information content (AvgIpc) is 2.65. The molecule has 2 heterocycles. The number of ether oxygens (including phenoxy) is 1. The molecule has 130 valence electrons. The van der Waals surface area contributed by atoms with Gasteiger partial charge in [0.25, 0.3) is 5.56 Å². The van der Waals surface area contributed by atoms with Crippen LogP contribution in [0, 0.1) is 0 Å². The molecule has 0 saturated heterocycles. The van der Waals surface area contributed by atoms with E-state index in [0.717, 1.165) is 42.6 Å². The van der Waals surface area contributed by atoms with Crippen molar-refractivity contribution in [2.45, 2.75) is 19.4 Å². The molecule has 0 fully saturated rings. The lowest BCUT2D eigenvalue weighted by atomic mass is 10.2. The fourth-order valence-electron chi connectivity index (χ4n) is 2.73. The highest BCUT2D eigenvalue weighted by atomic mass is 16.5. The van der Waals surface area contributed by atoms with Crippen LogP contribution in [0.3, 0.4) is 0 Å². The van der Waals surface area contributed by atoms with Gasteiger partial charge in [0.15, 0.2) is 0 Å². The van der Waals surface area contributed by atoms with Crippen molar-refractivity contribution in [2.24, 2.45) is 7.05 Å². The third-order valence-electron chi connectivity index (χ3n) is 4.19. The van der Waals surface area contributed by atoms with Crippen LogP contribution in [0.25, 0.3) is 10.9 Å². The number of pyridine rings is 2. The van der Waals surface area contributed by atoms with E-state index in [9.17, 15) is 4.79 Å². The Bertz CT molecular complexity index is 875. The van der Waals surface area contributed by atoms with Crippen molar-refractivity contribution in [1.29, 1.82) is 0 Å². The van der Waals surface area contributed by atoms with Crippen molar-refractivity contribution >= 4 is 10.9 Å². The van der Waals surface area contributed by atoms with Gasteiger partial charge in [-0.1, -0.05) is 0 Å². The van der Waals surface area contributed by atoms with Crippen molar-refractivity contribution < 1.29 is 4.74 Å². The summed E-state index contributed by atoms with van der Waals surface area (Å²) in [5.74, 6) is 0.843. The van der Waals surface area contributed by atoms with Gasteiger partial charge in [-0.15, -0.1) is 0 Å². The highest BCUT2D eigenvalue weighted by molar-refractivity contribution is 5.80. The highest BCUT2D eigenvalue weighted by Crippen LogP contribution is 2.19. The molecule has 0 aliphatic heterocycles. The second kappa shape index (κ2) is 8.44. The minimum Gasteiger partial charge on any atom is -0.494 e. The SMILES string of the molecule is Cn1c(=O)ccc2cc(OCCCCNCc3ccncc3)ccc21. The van der Waals surface area contributed by atoms with Crippen LogP contribution in [0.4, 0.5) is 0 Å². The second-order valence-corrected chi connectivity index (χ2v) is 6.04. The summed E-state index contributed by atoms with van der Waals surface area (Å²) in [5, 5.41) is 4.43. The van der Waals surface area contributed by atoms with Crippen LogP contribution in [0.1, 0.15) is 18.4 Å². The van der Waals surface area contributed by atoms with E-state index < -0.39 is 0 Å². The Morgan fingerprint density at radius 3 is 2.76 bits per heavy atom. The number of aryl methyl sites for hydroxylation is 1. The first-order chi connectivity index (χ1) is 12.2. The topological polar surface area (TPSA) is 56.1 Å². The number of fused-ring (bicyclic) bond motifs is 1. The maximum absolute atomic E-state index is 11.6. The first-order valence-corrected chi connectivity index (χ1v) is 8.56. The first-order valence-electron chi connectivity index (χ1n) is 8.56. The summed E-state index contributed by atoms with van der Waals surface area (Å²) < 4.78 is 7.47. The zero-order chi connectivity index (χ0) is 17.5. The van der Waals surface area contributed by atoms with Gasteiger partial charge >= 0.3 is 0 Å². The number of hydrogen-bond acceptors (Lipinski definition) is 4. The minimum absolute atomic E-state index is 0.000402. The van der Waals surface area contributed by atoms with Crippen molar-refractivity contribution in [3.63, 3.8) is 0 Å². The number of unbranched alkanes of at least 4 members (excludes halogenated alkanes) is 1. The Morgan fingerprint density at radius 1 is 1.08 bits per heavy atom. The number of nitrogens with one attached hydrogen (secondary N) is 1. The zero-order valence-electron chi connectivity index (χ0n) is 14.4. The van der Waals surface area contributed by atoms with E-state index in [4.69, 9.17) is 4.74 Å².